The van der Waals surface area contributed by atoms with E-state index in [1.54, 1.807) is 54.6 Å². The fourth-order valence-electron chi connectivity index (χ4n) is 2.66. The third kappa shape index (κ3) is 5.25. The molecule has 0 radical (unpaired) electrons. The quantitative estimate of drug-likeness (QED) is 0.251. The van der Waals surface area contributed by atoms with Gasteiger partial charge in [-0.1, -0.05) is 78.9 Å². The molecule has 0 aliphatic rings. The van der Waals surface area contributed by atoms with Gasteiger partial charge in [-0.05, 0) is 36.6 Å². The summed E-state index contributed by atoms with van der Waals surface area (Å²) in [5.74, 6) is -0.773. The second kappa shape index (κ2) is 9.30. The number of hydrogen-bond acceptors (Lipinski definition) is 3. The van der Waals surface area contributed by atoms with Gasteiger partial charge in [0.15, 0.2) is 5.76 Å². The molecule has 3 aromatic carbocycles. The summed E-state index contributed by atoms with van der Waals surface area (Å²) in [7, 11) is 0. The fourth-order valence-corrected chi connectivity index (χ4v) is 2.66. The molecule has 134 valence electrons. The van der Waals surface area contributed by atoms with E-state index in [-0.39, 0.29) is 11.5 Å². The zero-order chi connectivity index (χ0) is 18.9. The minimum absolute atomic E-state index is 0.0611. The van der Waals surface area contributed by atoms with Crippen LogP contribution in [-0.2, 0) is 11.2 Å². The van der Waals surface area contributed by atoms with Gasteiger partial charge in [0.1, 0.15) is 0 Å². The van der Waals surface area contributed by atoms with Gasteiger partial charge in [-0.3, -0.25) is 4.79 Å². The van der Waals surface area contributed by atoms with Gasteiger partial charge < -0.3 is 4.74 Å². The Balaban J connectivity index is 1.78. The SMILES string of the molecule is O=C(O/C(=C/CCc1ccccc1)C(=O)c1ccccc1)c1ccccc1. The second-order valence-corrected chi connectivity index (χ2v) is 6.04. The summed E-state index contributed by atoms with van der Waals surface area (Å²) in [4.78, 5) is 25.2. The van der Waals surface area contributed by atoms with Crippen molar-refractivity contribution in [2.24, 2.45) is 0 Å². The van der Waals surface area contributed by atoms with Crippen LogP contribution in [0, 0.1) is 0 Å². The Morgan fingerprint density at radius 1 is 0.704 bits per heavy atom. The van der Waals surface area contributed by atoms with E-state index in [1.807, 2.05) is 42.5 Å². The lowest BCUT2D eigenvalue weighted by atomic mass is 10.1. The Labute approximate surface area is 158 Å². The molecule has 27 heavy (non-hydrogen) atoms. The van der Waals surface area contributed by atoms with Gasteiger partial charge in [0, 0.05) is 5.56 Å². The van der Waals surface area contributed by atoms with Crippen LogP contribution < -0.4 is 0 Å². The molecule has 0 saturated carbocycles. The predicted octanol–water partition coefficient (Wildman–Crippen LogP) is 5.24. The molecule has 0 heterocycles. The first-order valence-electron chi connectivity index (χ1n) is 8.85. The van der Waals surface area contributed by atoms with E-state index >= 15 is 0 Å². The zero-order valence-electron chi connectivity index (χ0n) is 14.9. The van der Waals surface area contributed by atoms with E-state index in [0.717, 1.165) is 12.0 Å². The number of rotatable bonds is 7. The Morgan fingerprint density at radius 3 is 1.81 bits per heavy atom. The molecule has 0 aliphatic heterocycles. The van der Waals surface area contributed by atoms with Gasteiger partial charge in [0.05, 0.1) is 5.56 Å². The average Bonchev–Trinajstić information content (AvgIpc) is 2.74. The Bertz CT molecular complexity index is 914. The molecule has 0 aliphatic carbocycles. The maximum absolute atomic E-state index is 12.8. The second-order valence-electron chi connectivity index (χ2n) is 6.04. The molecule has 3 rings (SSSR count). The van der Waals surface area contributed by atoms with Crippen molar-refractivity contribution in [3.05, 3.63) is 120 Å². The molecule has 0 unspecified atom stereocenters. The number of benzene rings is 3. The molecule has 0 aromatic heterocycles. The fraction of sp³-hybridized carbons (Fsp3) is 0.0833. The van der Waals surface area contributed by atoms with Crippen LogP contribution in [0.1, 0.15) is 32.7 Å². The maximum Gasteiger partial charge on any atom is 0.343 e. The summed E-state index contributed by atoms with van der Waals surface area (Å²) in [6.45, 7) is 0. The molecule has 3 nitrogen and oxygen atoms in total. The minimum atomic E-state index is -0.536. The molecule has 0 fully saturated rings. The topological polar surface area (TPSA) is 43.4 Å². The Hall–Kier alpha value is -3.46. The smallest absolute Gasteiger partial charge is 0.343 e. The first-order valence-corrected chi connectivity index (χ1v) is 8.85. The van der Waals surface area contributed by atoms with Crippen LogP contribution in [0.3, 0.4) is 0 Å². The maximum atomic E-state index is 12.8. The van der Waals surface area contributed by atoms with Gasteiger partial charge in [0.25, 0.3) is 0 Å². The van der Waals surface area contributed by atoms with E-state index in [0.29, 0.717) is 17.5 Å². The molecule has 0 saturated heterocycles. The largest absolute Gasteiger partial charge is 0.419 e. The number of hydrogen-bond donors (Lipinski definition) is 0. The van der Waals surface area contributed by atoms with Crippen molar-refractivity contribution in [3.8, 4) is 0 Å². The number of esters is 1. The number of allylic oxidation sites excluding steroid dienone is 2. The van der Waals surface area contributed by atoms with E-state index in [2.05, 4.69) is 0 Å². The molecule has 3 aromatic rings. The van der Waals surface area contributed by atoms with E-state index in [1.165, 1.54) is 0 Å². The van der Waals surface area contributed by atoms with E-state index < -0.39 is 5.97 Å². The van der Waals surface area contributed by atoms with Crippen molar-refractivity contribution in [3.63, 3.8) is 0 Å². The highest BCUT2D eigenvalue weighted by Gasteiger charge is 2.18. The summed E-state index contributed by atoms with van der Waals surface area (Å²) >= 11 is 0. The van der Waals surface area contributed by atoms with Crippen molar-refractivity contribution in [1.82, 2.24) is 0 Å². The molecular formula is C24H20O3. The van der Waals surface area contributed by atoms with E-state index in [4.69, 9.17) is 4.74 Å². The molecule has 0 bridgehead atoms. The molecule has 0 N–H and O–H groups in total. The van der Waals surface area contributed by atoms with Gasteiger partial charge in [0.2, 0.25) is 5.78 Å². The van der Waals surface area contributed by atoms with Crippen LogP contribution in [0.15, 0.2) is 103 Å². The summed E-state index contributed by atoms with van der Waals surface area (Å²) in [5, 5.41) is 0. The van der Waals surface area contributed by atoms with Gasteiger partial charge >= 0.3 is 5.97 Å². The summed E-state index contributed by atoms with van der Waals surface area (Å²) in [6, 6.07) is 27.5. The van der Waals surface area contributed by atoms with Crippen LogP contribution in [0.4, 0.5) is 0 Å². The van der Waals surface area contributed by atoms with Crippen molar-refractivity contribution in [1.29, 1.82) is 0 Å². The normalized spacial score (nSPS) is 11.0. The lowest BCUT2D eigenvalue weighted by Crippen LogP contribution is -2.13. The Morgan fingerprint density at radius 2 is 1.22 bits per heavy atom. The van der Waals surface area contributed by atoms with Crippen LogP contribution in [0.2, 0.25) is 0 Å². The third-order valence-electron chi connectivity index (χ3n) is 4.08. The Kier molecular flexibility index (Phi) is 6.31. The average molecular weight is 356 g/mol. The van der Waals surface area contributed by atoms with Gasteiger partial charge in [-0.15, -0.1) is 0 Å². The van der Waals surface area contributed by atoms with Crippen molar-refractivity contribution < 1.29 is 14.3 Å². The molecule has 0 spiro atoms. The van der Waals surface area contributed by atoms with Crippen molar-refractivity contribution in [2.75, 3.05) is 0 Å². The first kappa shape index (κ1) is 18.3. The summed E-state index contributed by atoms with van der Waals surface area (Å²) in [5.41, 5.74) is 2.06. The molecular weight excluding hydrogens is 336 g/mol. The van der Waals surface area contributed by atoms with Crippen molar-refractivity contribution in [2.45, 2.75) is 12.8 Å². The number of Topliss-reactive ketones (excluding diaryl/α,β-unsaturated/α-hetero) is 1. The molecule has 3 heteroatoms. The number of carbonyl (C=O) groups is 2. The van der Waals surface area contributed by atoms with Gasteiger partial charge in [-0.2, -0.15) is 0 Å². The number of carbonyl (C=O) groups excluding carboxylic acids is 2. The summed E-state index contributed by atoms with van der Waals surface area (Å²) < 4.78 is 5.46. The number of ketones is 1. The van der Waals surface area contributed by atoms with Crippen LogP contribution in [-0.4, -0.2) is 11.8 Å². The summed E-state index contributed by atoms with van der Waals surface area (Å²) in [6.07, 6.45) is 3.05. The molecule has 0 amide bonds. The third-order valence-corrected chi connectivity index (χ3v) is 4.08. The van der Waals surface area contributed by atoms with Crippen molar-refractivity contribution >= 4 is 11.8 Å². The van der Waals surface area contributed by atoms with Crippen LogP contribution in [0.5, 0.6) is 0 Å². The monoisotopic (exact) mass is 356 g/mol. The van der Waals surface area contributed by atoms with Crippen LogP contribution >= 0.6 is 0 Å². The standard InChI is InChI=1S/C24H20O3/c25-23(20-14-6-2-7-15-20)22(18-10-13-19-11-4-1-5-12-19)27-24(26)21-16-8-3-9-17-21/h1-9,11-12,14-18H,10,13H2/b22-18+. The minimum Gasteiger partial charge on any atom is -0.419 e. The lowest BCUT2D eigenvalue weighted by Gasteiger charge is -2.09. The lowest BCUT2D eigenvalue weighted by molar-refractivity contribution is 0.0587. The highest BCUT2D eigenvalue weighted by Crippen LogP contribution is 2.15. The van der Waals surface area contributed by atoms with E-state index in [9.17, 15) is 9.59 Å². The highest BCUT2D eigenvalue weighted by atomic mass is 16.5. The predicted molar refractivity (Wildman–Crippen MR) is 105 cm³/mol. The van der Waals surface area contributed by atoms with Gasteiger partial charge in [-0.25, -0.2) is 4.79 Å². The number of ether oxygens (including phenoxy) is 1. The zero-order valence-corrected chi connectivity index (χ0v) is 14.9. The van der Waals surface area contributed by atoms with Crippen LogP contribution in [0.25, 0.3) is 0 Å². The first-order chi connectivity index (χ1) is 13.2. The highest BCUT2D eigenvalue weighted by molar-refractivity contribution is 6.09. The number of aryl methyl sites for hydroxylation is 1. The molecule has 0 atom stereocenters.